The molecule has 0 aliphatic heterocycles. The van der Waals surface area contributed by atoms with Crippen LogP contribution in [0.15, 0.2) is 30.3 Å². The molecule has 3 unspecified atom stereocenters. The predicted octanol–water partition coefficient (Wildman–Crippen LogP) is 2.69. The van der Waals surface area contributed by atoms with Gasteiger partial charge in [-0.1, -0.05) is 36.8 Å². The molecule has 0 bridgehead atoms. The van der Waals surface area contributed by atoms with Crippen LogP contribution in [0.3, 0.4) is 0 Å². The van der Waals surface area contributed by atoms with Gasteiger partial charge in [0.15, 0.2) is 0 Å². The maximum absolute atomic E-state index is 12.1. The minimum Gasteiger partial charge on any atom is -0.394 e. The molecule has 2 amide bonds. The topological polar surface area (TPSA) is 61.4 Å². The van der Waals surface area contributed by atoms with Crippen molar-refractivity contribution in [3.05, 3.63) is 35.9 Å². The van der Waals surface area contributed by atoms with E-state index in [-0.39, 0.29) is 24.7 Å². The summed E-state index contributed by atoms with van der Waals surface area (Å²) in [6, 6.07) is 9.24. The highest BCUT2D eigenvalue weighted by atomic mass is 32.2. The molecule has 1 fully saturated rings. The molecule has 5 heteroatoms. The second-order valence-corrected chi connectivity index (χ2v) is 6.62. The zero-order chi connectivity index (χ0) is 15.1. The zero-order valence-corrected chi connectivity index (χ0v) is 13.2. The molecule has 116 valence electrons. The van der Waals surface area contributed by atoms with Crippen molar-refractivity contribution in [2.45, 2.75) is 43.0 Å². The van der Waals surface area contributed by atoms with Gasteiger partial charge in [0.1, 0.15) is 0 Å². The maximum atomic E-state index is 12.1. The molecule has 0 aromatic heterocycles. The minimum atomic E-state index is -0.355. The first-order valence-corrected chi connectivity index (χ1v) is 8.77. The van der Waals surface area contributed by atoms with E-state index < -0.39 is 0 Å². The third-order valence-electron chi connectivity index (χ3n) is 3.98. The Balaban J connectivity index is 1.85. The van der Waals surface area contributed by atoms with E-state index in [0.717, 1.165) is 18.4 Å². The Morgan fingerprint density at radius 3 is 2.81 bits per heavy atom. The van der Waals surface area contributed by atoms with Gasteiger partial charge in [0.2, 0.25) is 0 Å². The number of carbonyl (C=O) groups is 1. The van der Waals surface area contributed by atoms with Crippen LogP contribution in [0.1, 0.15) is 37.3 Å². The van der Waals surface area contributed by atoms with Crippen molar-refractivity contribution in [3.63, 3.8) is 0 Å². The second kappa shape index (κ2) is 8.29. The van der Waals surface area contributed by atoms with Gasteiger partial charge >= 0.3 is 6.03 Å². The summed E-state index contributed by atoms with van der Waals surface area (Å²) in [5, 5.41) is 16.0. The van der Waals surface area contributed by atoms with Gasteiger partial charge in [0.25, 0.3) is 0 Å². The fourth-order valence-corrected chi connectivity index (χ4v) is 3.62. The van der Waals surface area contributed by atoms with Gasteiger partial charge in [0, 0.05) is 11.3 Å². The molecule has 3 atom stereocenters. The number of thioether (sulfide) groups is 1. The Kier molecular flexibility index (Phi) is 6.39. The predicted molar refractivity (Wildman–Crippen MR) is 87.5 cm³/mol. The molecule has 2 rings (SSSR count). The summed E-state index contributed by atoms with van der Waals surface area (Å²) >= 11 is 1.88. The molecule has 3 N–H and O–H groups in total. The number of benzene rings is 1. The van der Waals surface area contributed by atoms with Gasteiger partial charge in [-0.05, 0) is 31.1 Å². The van der Waals surface area contributed by atoms with Crippen LogP contribution in [0, 0.1) is 0 Å². The summed E-state index contributed by atoms with van der Waals surface area (Å²) in [6.45, 7) is -0.102. The van der Waals surface area contributed by atoms with Gasteiger partial charge in [0.05, 0.1) is 12.6 Å². The third-order valence-corrected chi connectivity index (χ3v) is 5.08. The van der Waals surface area contributed by atoms with Crippen LogP contribution in [-0.2, 0) is 0 Å². The third kappa shape index (κ3) is 4.93. The number of hydrogen-bond acceptors (Lipinski definition) is 3. The number of nitrogens with one attached hydrogen (secondary N) is 2. The van der Waals surface area contributed by atoms with Crippen LogP contribution in [0.4, 0.5) is 4.79 Å². The van der Waals surface area contributed by atoms with E-state index in [1.54, 1.807) is 0 Å². The van der Waals surface area contributed by atoms with Gasteiger partial charge in [-0.25, -0.2) is 4.79 Å². The Bertz CT molecular complexity index is 441. The van der Waals surface area contributed by atoms with Crippen molar-refractivity contribution in [2.75, 3.05) is 12.9 Å². The SMILES string of the molecule is CSC1CCCC(NC(=O)NC(CO)c2ccccc2)C1. The van der Waals surface area contributed by atoms with Gasteiger partial charge in [-0.3, -0.25) is 0 Å². The molecule has 1 aliphatic rings. The highest BCUT2D eigenvalue weighted by Crippen LogP contribution is 2.26. The monoisotopic (exact) mass is 308 g/mol. The molecular formula is C16H24N2O2S. The number of amides is 2. The summed E-state index contributed by atoms with van der Waals surface area (Å²) < 4.78 is 0. The molecule has 1 aliphatic carbocycles. The average molecular weight is 308 g/mol. The van der Waals surface area contributed by atoms with Crippen LogP contribution in [-0.4, -0.2) is 35.3 Å². The molecule has 0 saturated heterocycles. The Labute approximate surface area is 130 Å². The second-order valence-electron chi connectivity index (χ2n) is 5.48. The molecule has 0 heterocycles. The lowest BCUT2D eigenvalue weighted by Gasteiger charge is -2.29. The standard InChI is InChI=1S/C16H24N2O2S/c1-21-14-9-5-8-13(10-14)17-16(20)18-15(11-19)12-6-3-2-4-7-12/h2-4,6-7,13-15,19H,5,8-11H2,1H3,(H2,17,18,20). The number of aliphatic hydroxyl groups is 1. The minimum absolute atomic E-state index is 0.102. The molecule has 1 aromatic rings. The Morgan fingerprint density at radius 2 is 2.14 bits per heavy atom. The van der Waals surface area contributed by atoms with Crippen molar-refractivity contribution in [1.29, 1.82) is 0 Å². The smallest absolute Gasteiger partial charge is 0.315 e. The first-order chi connectivity index (χ1) is 10.2. The first kappa shape index (κ1) is 16.2. The molecule has 1 aromatic carbocycles. The van der Waals surface area contributed by atoms with E-state index in [1.165, 1.54) is 12.8 Å². The summed E-state index contributed by atoms with van der Waals surface area (Å²) in [7, 11) is 0. The van der Waals surface area contributed by atoms with Gasteiger partial charge < -0.3 is 15.7 Å². The highest BCUT2D eigenvalue weighted by Gasteiger charge is 2.23. The number of rotatable bonds is 5. The van der Waals surface area contributed by atoms with Crippen molar-refractivity contribution >= 4 is 17.8 Å². The van der Waals surface area contributed by atoms with E-state index >= 15 is 0 Å². The maximum Gasteiger partial charge on any atom is 0.315 e. The molecular weight excluding hydrogens is 284 g/mol. The van der Waals surface area contributed by atoms with E-state index in [4.69, 9.17) is 0 Å². The lowest BCUT2D eigenvalue weighted by Crippen LogP contribution is -2.46. The molecule has 1 saturated carbocycles. The van der Waals surface area contributed by atoms with Crippen LogP contribution in [0.25, 0.3) is 0 Å². The fourth-order valence-electron chi connectivity index (χ4n) is 2.80. The highest BCUT2D eigenvalue weighted by molar-refractivity contribution is 7.99. The number of urea groups is 1. The van der Waals surface area contributed by atoms with Crippen LogP contribution >= 0.6 is 11.8 Å². The quantitative estimate of drug-likeness (QED) is 0.784. The van der Waals surface area contributed by atoms with Crippen LogP contribution < -0.4 is 10.6 Å². The van der Waals surface area contributed by atoms with Crippen molar-refractivity contribution < 1.29 is 9.90 Å². The Hall–Kier alpha value is -1.20. The van der Waals surface area contributed by atoms with Crippen LogP contribution in [0.2, 0.25) is 0 Å². The molecule has 21 heavy (non-hydrogen) atoms. The van der Waals surface area contributed by atoms with Crippen molar-refractivity contribution in [1.82, 2.24) is 10.6 Å². The lowest BCUT2D eigenvalue weighted by molar-refractivity contribution is 0.211. The van der Waals surface area contributed by atoms with Crippen LogP contribution in [0.5, 0.6) is 0 Å². The molecule has 0 spiro atoms. The lowest BCUT2D eigenvalue weighted by atomic mass is 9.95. The van der Waals surface area contributed by atoms with Gasteiger partial charge in [-0.2, -0.15) is 11.8 Å². The number of carbonyl (C=O) groups excluding carboxylic acids is 1. The summed E-state index contributed by atoms with van der Waals surface area (Å²) in [5.41, 5.74) is 0.917. The summed E-state index contributed by atoms with van der Waals surface area (Å²) in [6.07, 6.45) is 6.61. The number of aliphatic hydroxyl groups excluding tert-OH is 1. The van der Waals surface area contributed by atoms with E-state index in [2.05, 4.69) is 16.9 Å². The first-order valence-electron chi connectivity index (χ1n) is 7.48. The normalized spacial score (nSPS) is 23.3. The molecule has 4 nitrogen and oxygen atoms in total. The zero-order valence-electron chi connectivity index (χ0n) is 12.4. The van der Waals surface area contributed by atoms with Crippen molar-refractivity contribution in [2.24, 2.45) is 0 Å². The van der Waals surface area contributed by atoms with Gasteiger partial charge in [-0.15, -0.1) is 0 Å². The van der Waals surface area contributed by atoms with Crippen molar-refractivity contribution in [3.8, 4) is 0 Å². The summed E-state index contributed by atoms with van der Waals surface area (Å²) in [4.78, 5) is 12.1. The fraction of sp³-hybridized carbons (Fsp3) is 0.562. The van der Waals surface area contributed by atoms with E-state index in [0.29, 0.717) is 5.25 Å². The number of hydrogen-bond donors (Lipinski definition) is 3. The van der Waals surface area contributed by atoms with E-state index in [9.17, 15) is 9.90 Å². The average Bonchev–Trinajstić information content (AvgIpc) is 2.53. The van der Waals surface area contributed by atoms with E-state index in [1.807, 2.05) is 42.1 Å². The summed E-state index contributed by atoms with van der Waals surface area (Å²) in [5.74, 6) is 0. The Morgan fingerprint density at radius 1 is 1.38 bits per heavy atom. The molecule has 0 radical (unpaired) electrons. The largest absolute Gasteiger partial charge is 0.394 e.